The fraction of sp³-hybridized carbons (Fsp3) is 0.448. The lowest BCUT2D eigenvalue weighted by molar-refractivity contribution is -0.129. The number of likely N-dealkylation sites (tertiary alicyclic amines) is 1. The van der Waals surface area contributed by atoms with Gasteiger partial charge in [-0.2, -0.15) is 5.10 Å². The zero-order valence-corrected chi connectivity index (χ0v) is 24.1. The van der Waals surface area contributed by atoms with Gasteiger partial charge in [-0.1, -0.05) is 26.5 Å². The maximum atomic E-state index is 13.7. The Morgan fingerprint density at radius 2 is 1.93 bits per heavy atom. The van der Waals surface area contributed by atoms with Crippen LogP contribution in [0.25, 0.3) is 11.0 Å². The molecule has 3 amide bonds. The number of aromatic nitrogens is 4. The summed E-state index contributed by atoms with van der Waals surface area (Å²) < 4.78 is 1.74. The number of amides is 3. The van der Waals surface area contributed by atoms with Crippen LogP contribution in [0.2, 0.25) is 0 Å². The zero-order valence-electron chi connectivity index (χ0n) is 24.1. The molecule has 1 saturated heterocycles. The van der Waals surface area contributed by atoms with Gasteiger partial charge in [-0.3, -0.25) is 14.4 Å². The minimum atomic E-state index is -0.444. The fourth-order valence-electron chi connectivity index (χ4n) is 5.41. The van der Waals surface area contributed by atoms with Gasteiger partial charge >= 0.3 is 0 Å². The lowest BCUT2D eigenvalue weighted by atomic mass is 9.82. The summed E-state index contributed by atoms with van der Waals surface area (Å²) in [5.41, 5.74) is 10.1. The van der Waals surface area contributed by atoms with Crippen molar-refractivity contribution in [2.24, 2.45) is 11.8 Å². The van der Waals surface area contributed by atoms with Crippen LogP contribution in [-0.2, 0) is 16.0 Å². The van der Waals surface area contributed by atoms with Crippen LogP contribution in [0.1, 0.15) is 53.5 Å². The molecule has 2 atom stereocenters. The summed E-state index contributed by atoms with van der Waals surface area (Å²) in [7, 11) is 3.45. The number of piperidine rings is 1. The predicted molar refractivity (Wildman–Crippen MR) is 155 cm³/mol. The number of likely N-dealkylation sites (N-methyl/N-ethyl adjacent to an activating group) is 1. The highest BCUT2D eigenvalue weighted by Gasteiger charge is 2.37. The molecule has 3 aromatic rings. The number of nitrogens with two attached hydrogens (primary N) is 1. The van der Waals surface area contributed by atoms with Gasteiger partial charge < -0.3 is 20.9 Å². The number of carbonyl (C=O) groups excluding carboxylic acids is 3. The lowest BCUT2D eigenvalue weighted by Crippen LogP contribution is -2.45. The van der Waals surface area contributed by atoms with Gasteiger partial charge in [0.05, 0.1) is 17.8 Å². The Kier molecular flexibility index (Phi) is 8.22. The maximum Gasteiger partial charge on any atom is 0.277 e. The molecule has 40 heavy (non-hydrogen) atoms. The molecule has 3 N–H and O–H groups in total. The van der Waals surface area contributed by atoms with E-state index in [0.717, 1.165) is 23.1 Å². The highest BCUT2D eigenvalue weighted by molar-refractivity contribution is 6.13. The normalized spacial score (nSPS) is 17.2. The monoisotopic (exact) mass is 546 g/mol. The minimum absolute atomic E-state index is 0.00235. The number of carbonyl (C=O) groups is 3. The molecule has 0 spiro atoms. The molecule has 11 heteroatoms. The molecule has 1 fully saturated rings. The first-order chi connectivity index (χ1) is 18.9. The van der Waals surface area contributed by atoms with E-state index in [1.165, 1.54) is 12.4 Å². The van der Waals surface area contributed by atoms with Gasteiger partial charge in [0, 0.05) is 32.9 Å². The average molecular weight is 547 g/mol. The summed E-state index contributed by atoms with van der Waals surface area (Å²) in [6.45, 7) is 12.8. The number of hydrogen-bond donors (Lipinski definition) is 2. The van der Waals surface area contributed by atoms with E-state index in [1.807, 2.05) is 19.9 Å². The standard InChI is InChI=1S/C29H38N8O3/c1-8-23(38)36-12-11-20(16(2)3)22(14-36)37-28-25(27(30)31-15-32-28)26(34-37)29(40)33-21-10-9-19(17(4)18(21)5)13-24(39)35(6)7/h8-10,15-16,20,22H,1,11-14H2,2-7H3,(H,33,40)(H2,30,31,32). The molecule has 1 aliphatic heterocycles. The molecule has 1 aromatic carbocycles. The Labute approximate surface area is 234 Å². The smallest absolute Gasteiger partial charge is 0.277 e. The first-order valence-corrected chi connectivity index (χ1v) is 13.4. The first kappa shape index (κ1) is 28.7. The third-order valence-corrected chi connectivity index (χ3v) is 8.01. The summed E-state index contributed by atoms with van der Waals surface area (Å²) in [5, 5.41) is 8.11. The number of nitrogens with one attached hydrogen (secondary N) is 1. The molecule has 212 valence electrons. The Bertz CT molecular complexity index is 1480. The molecule has 0 aliphatic carbocycles. The van der Waals surface area contributed by atoms with Crippen LogP contribution in [-0.4, -0.2) is 74.5 Å². The van der Waals surface area contributed by atoms with E-state index in [1.54, 1.807) is 34.6 Å². The molecule has 0 bridgehead atoms. The van der Waals surface area contributed by atoms with Crippen LogP contribution in [0.5, 0.6) is 0 Å². The summed E-state index contributed by atoms with van der Waals surface area (Å²) in [5.74, 6) is 0.0834. The molecule has 0 radical (unpaired) electrons. The molecular weight excluding hydrogens is 508 g/mol. The van der Waals surface area contributed by atoms with Gasteiger partial charge in [0.2, 0.25) is 11.8 Å². The van der Waals surface area contributed by atoms with Crippen molar-refractivity contribution in [1.29, 1.82) is 0 Å². The van der Waals surface area contributed by atoms with Gasteiger partial charge in [-0.15, -0.1) is 0 Å². The van der Waals surface area contributed by atoms with Crippen LogP contribution in [0.3, 0.4) is 0 Å². The Balaban J connectivity index is 1.72. The highest BCUT2D eigenvalue weighted by atomic mass is 16.2. The highest BCUT2D eigenvalue weighted by Crippen LogP contribution is 2.36. The maximum absolute atomic E-state index is 13.7. The number of anilines is 2. The van der Waals surface area contributed by atoms with Gasteiger partial charge in [0.15, 0.2) is 11.3 Å². The predicted octanol–water partition coefficient (Wildman–Crippen LogP) is 3.14. The van der Waals surface area contributed by atoms with Crippen LogP contribution in [0, 0.1) is 25.7 Å². The first-order valence-electron chi connectivity index (χ1n) is 13.4. The van der Waals surface area contributed by atoms with Crippen molar-refractivity contribution in [3.05, 3.63) is 53.5 Å². The Hall–Kier alpha value is -4.28. The Morgan fingerprint density at radius 3 is 2.58 bits per heavy atom. The van der Waals surface area contributed by atoms with E-state index >= 15 is 0 Å². The van der Waals surface area contributed by atoms with E-state index in [4.69, 9.17) is 10.8 Å². The topological polar surface area (TPSA) is 139 Å². The molecule has 2 aromatic heterocycles. The van der Waals surface area contributed by atoms with Crippen molar-refractivity contribution in [3.63, 3.8) is 0 Å². The van der Waals surface area contributed by atoms with E-state index < -0.39 is 5.91 Å². The van der Waals surface area contributed by atoms with Crippen molar-refractivity contribution in [1.82, 2.24) is 29.5 Å². The van der Waals surface area contributed by atoms with E-state index in [-0.39, 0.29) is 41.7 Å². The van der Waals surface area contributed by atoms with Crippen molar-refractivity contribution in [3.8, 4) is 0 Å². The molecule has 0 saturated carbocycles. The van der Waals surface area contributed by atoms with Crippen LogP contribution in [0.15, 0.2) is 31.1 Å². The number of benzene rings is 1. The SMILES string of the molecule is C=CC(=O)N1CCC(C(C)C)C(n2nc(C(=O)Nc3ccc(CC(=O)N(C)C)c(C)c3C)c3c(N)ncnc32)C1. The second kappa shape index (κ2) is 11.4. The van der Waals surface area contributed by atoms with Gasteiger partial charge in [-0.05, 0) is 60.9 Å². The number of nitrogens with zero attached hydrogens (tertiary/aromatic N) is 6. The number of fused-ring (bicyclic) bond motifs is 1. The zero-order chi connectivity index (χ0) is 29.3. The third-order valence-electron chi connectivity index (χ3n) is 8.01. The number of nitrogen functional groups attached to an aromatic ring is 1. The van der Waals surface area contributed by atoms with Crippen molar-refractivity contribution in [2.75, 3.05) is 38.2 Å². The van der Waals surface area contributed by atoms with Crippen LogP contribution >= 0.6 is 0 Å². The molecule has 2 unspecified atom stereocenters. The number of hydrogen-bond acceptors (Lipinski definition) is 7. The van der Waals surface area contributed by atoms with Crippen LogP contribution in [0.4, 0.5) is 11.5 Å². The molecule has 11 nitrogen and oxygen atoms in total. The third kappa shape index (κ3) is 5.41. The lowest BCUT2D eigenvalue weighted by Gasteiger charge is -2.40. The Morgan fingerprint density at radius 1 is 1.20 bits per heavy atom. The molecular formula is C29H38N8O3. The fourth-order valence-corrected chi connectivity index (χ4v) is 5.41. The summed E-state index contributed by atoms with van der Waals surface area (Å²) >= 11 is 0. The molecule has 3 heterocycles. The van der Waals surface area contributed by atoms with Crippen molar-refractivity contribution >= 4 is 40.3 Å². The van der Waals surface area contributed by atoms with E-state index in [9.17, 15) is 14.4 Å². The van der Waals surface area contributed by atoms with E-state index in [0.29, 0.717) is 35.7 Å². The van der Waals surface area contributed by atoms with Crippen LogP contribution < -0.4 is 11.1 Å². The van der Waals surface area contributed by atoms with E-state index in [2.05, 4.69) is 35.7 Å². The average Bonchev–Trinajstić information content (AvgIpc) is 3.32. The summed E-state index contributed by atoms with van der Waals surface area (Å²) in [6, 6.07) is 3.44. The van der Waals surface area contributed by atoms with Gasteiger partial charge in [0.1, 0.15) is 12.1 Å². The summed E-state index contributed by atoms with van der Waals surface area (Å²) in [6.07, 6.45) is 3.74. The second-order valence-electron chi connectivity index (χ2n) is 10.9. The molecule has 4 rings (SSSR count). The largest absolute Gasteiger partial charge is 0.383 e. The minimum Gasteiger partial charge on any atom is -0.383 e. The summed E-state index contributed by atoms with van der Waals surface area (Å²) in [4.78, 5) is 50.3. The van der Waals surface area contributed by atoms with Crippen molar-refractivity contribution < 1.29 is 14.4 Å². The van der Waals surface area contributed by atoms with Crippen molar-refractivity contribution in [2.45, 2.75) is 46.6 Å². The second-order valence-corrected chi connectivity index (χ2v) is 10.9. The number of rotatable bonds is 7. The van der Waals surface area contributed by atoms with Gasteiger partial charge in [-0.25, -0.2) is 14.6 Å². The molecule has 1 aliphatic rings. The quantitative estimate of drug-likeness (QED) is 0.434. The van der Waals surface area contributed by atoms with Gasteiger partial charge in [0.25, 0.3) is 5.91 Å².